The van der Waals surface area contributed by atoms with Gasteiger partial charge in [-0.15, -0.1) is 0 Å². The van der Waals surface area contributed by atoms with Crippen LogP contribution in [-0.2, 0) is 10.0 Å². The molecule has 1 N–H and O–H groups in total. The van der Waals surface area contributed by atoms with Crippen molar-refractivity contribution in [2.24, 2.45) is 11.8 Å². The third-order valence-corrected chi connectivity index (χ3v) is 7.50. The lowest BCUT2D eigenvalue weighted by Crippen LogP contribution is -2.42. The van der Waals surface area contributed by atoms with Gasteiger partial charge in [0.2, 0.25) is 10.0 Å². The first-order chi connectivity index (χ1) is 13.6. The topological polar surface area (TPSA) is 66.5 Å². The van der Waals surface area contributed by atoms with Gasteiger partial charge in [0.1, 0.15) is 5.82 Å². The molecule has 0 spiro atoms. The van der Waals surface area contributed by atoms with Gasteiger partial charge in [0.25, 0.3) is 5.91 Å². The molecular weight excluding hydrogens is 438 g/mol. The SMILES string of the molecule is C[C@@H]1C[C@H](C)CN(S(=O)(=O)c2ccc(F)c(C(=O)Nc3cccc(Cl)c3Cl)c2)C1. The van der Waals surface area contributed by atoms with E-state index < -0.39 is 21.7 Å². The standard InChI is InChI=1S/C20H21Cl2FN2O3S/c1-12-8-13(2)11-25(10-12)29(27,28)14-6-7-17(23)15(9-14)20(26)24-18-5-3-4-16(21)19(18)22/h3-7,9,12-13H,8,10-11H2,1-2H3,(H,24,26)/t12-,13+. The van der Waals surface area contributed by atoms with E-state index in [1.807, 2.05) is 13.8 Å². The van der Waals surface area contributed by atoms with Crippen molar-refractivity contribution in [1.29, 1.82) is 0 Å². The first-order valence-corrected chi connectivity index (χ1v) is 11.3. The van der Waals surface area contributed by atoms with E-state index in [1.165, 1.54) is 16.4 Å². The highest BCUT2D eigenvalue weighted by atomic mass is 35.5. The number of anilines is 1. The van der Waals surface area contributed by atoms with Crippen molar-refractivity contribution in [3.8, 4) is 0 Å². The lowest BCUT2D eigenvalue weighted by molar-refractivity contribution is 0.102. The Bertz CT molecular complexity index is 1040. The minimum atomic E-state index is -3.85. The highest BCUT2D eigenvalue weighted by Gasteiger charge is 2.32. The van der Waals surface area contributed by atoms with E-state index in [0.29, 0.717) is 13.1 Å². The third kappa shape index (κ3) is 4.74. The van der Waals surface area contributed by atoms with Gasteiger partial charge in [0.15, 0.2) is 0 Å². The Morgan fingerprint density at radius 2 is 1.79 bits per heavy atom. The molecule has 29 heavy (non-hydrogen) atoms. The molecule has 1 aliphatic heterocycles. The predicted octanol–water partition coefficient (Wildman–Crippen LogP) is 5.05. The Hall–Kier alpha value is -1.67. The first kappa shape index (κ1) is 22.0. The van der Waals surface area contributed by atoms with E-state index in [9.17, 15) is 17.6 Å². The summed E-state index contributed by atoms with van der Waals surface area (Å²) in [4.78, 5) is 12.5. The van der Waals surface area contributed by atoms with Gasteiger partial charge < -0.3 is 5.32 Å². The molecule has 0 radical (unpaired) electrons. The molecule has 1 aliphatic rings. The fraction of sp³-hybridized carbons (Fsp3) is 0.350. The summed E-state index contributed by atoms with van der Waals surface area (Å²) in [5.41, 5.74) is -0.185. The van der Waals surface area contributed by atoms with Crippen LogP contribution in [0.15, 0.2) is 41.3 Å². The molecule has 156 valence electrons. The van der Waals surface area contributed by atoms with Crippen molar-refractivity contribution in [3.63, 3.8) is 0 Å². The van der Waals surface area contributed by atoms with Gasteiger partial charge in [-0.05, 0) is 48.6 Å². The molecule has 2 aromatic carbocycles. The summed E-state index contributed by atoms with van der Waals surface area (Å²) < 4.78 is 41.8. The Labute approximate surface area is 179 Å². The van der Waals surface area contributed by atoms with Gasteiger partial charge in [0, 0.05) is 13.1 Å². The van der Waals surface area contributed by atoms with E-state index in [0.717, 1.165) is 18.6 Å². The monoisotopic (exact) mass is 458 g/mol. The molecule has 0 aromatic heterocycles. The summed E-state index contributed by atoms with van der Waals surface area (Å²) in [5.74, 6) is -1.20. The zero-order chi connectivity index (χ0) is 21.3. The Morgan fingerprint density at radius 1 is 1.14 bits per heavy atom. The Kier molecular flexibility index (Phi) is 6.53. The molecule has 1 heterocycles. The van der Waals surface area contributed by atoms with E-state index in [4.69, 9.17) is 23.2 Å². The number of nitrogens with zero attached hydrogens (tertiary/aromatic N) is 1. The number of sulfonamides is 1. The van der Waals surface area contributed by atoms with Crippen molar-refractivity contribution >= 4 is 44.8 Å². The van der Waals surface area contributed by atoms with Gasteiger partial charge in [0.05, 0.1) is 26.2 Å². The zero-order valence-corrected chi connectivity index (χ0v) is 18.3. The van der Waals surface area contributed by atoms with Gasteiger partial charge in [-0.2, -0.15) is 4.31 Å². The van der Waals surface area contributed by atoms with Crippen molar-refractivity contribution in [3.05, 3.63) is 57.8 Å². The van der Waals surface area contributed by atoms with E-state index in [1.54, 1.807) is 12.1 Å². The molecule has 0 bridgehead atoms. The summed E-state index contributed by atoms with van der Waals surface area (Å²) in [6.07, 6.45) is 0.948. The smallest absolute Gasteiger partial charge is 0.258 e. The minimum absolute atomic E-state index is 0.114. The molecule has 1 fully saturated rings. The van der Waals surface area contributed by atoms with Crippen LogP contribution in [0.25, 0.3) is 0 Å². The second kappa shape index (κ2) is 8.60. The van der Waals surface area contributed by atoms with Crippen LogP contribution >= 0.6 is 23.2 Å². The number of benzene rings is 2. The van der Waals surface area contributed by atoms with Crippen LogP contribution in [0.2, 0.25) is 10.0 Å². The van der Waals surface area contributed by atoms with Crippen molar-refractivity contribution < 1.29 is 17.6 Å². The number of piperidine rings is 1. The van der Waals surface area contributed by atoms with E-state index >= 15 is 0 Å². The Morgan fingerprint density at radius 3 is 2.45 bits per heavy atom. The highest BCUT2D eigenvalue weighted by molar-refractivity contribution is 7.89. The number of amides is 1. The van der Waals surface area contributed by atoms with Crippen LogP contribution in [0.4, 0.5) is 10.1 Å². The molecule has 0 unspecified atom stereocenters. The number of carbonyl (C=O) groups is 1. The molecule has 0 aliphatic carbocycles. The molecule has 5 nitrogen and oxygen atoms in total. The summed E-state index contributed by atoms with van der Waals surface area (Å²) in [5, 5.41) is 2.82. The summed E-state index contributed by atoms with van der Waals surface area (Å²) in [6.45, 7) is 4.78. The van der Waals surface area contributed by atoms with Crippen LogP contribution < -0.4 is 5.32 Å². The lowest BCUT2D eigenvalue weighted by Gasteiger charge is -2.34. The number of carbonyl (C=O) groups excluding carboxylic acids is 1. The molecule has 3 rings (SSSR count). The summed E-state index contributed by atoms with van der Waals surface area (Å²) in [6, 6.07) is 7.87. The first-order valence-electron chi connectivity index (χ1n) is 9.14. The molecule has 1 saturated heterocycles. The third-order valence-electron chi connectivity index (χ3n) is 4.86. The van der Waals surface area contributed by atoms with E-state index in [-0.39, 0.29) is 38.0 Å². The van der Waals surface area contributed by atoms with Crippen molar-refractivity contribution in [1.82, 2.24) is 4.31 Å². The number of hydrogen-bond donors (Lipinski definition) is 1. The van der Waals surface area contributed by atoms with Crippen LogP contribution in [0.1, 0.15) is 30.6 Å². The fourth-order valence-corrected chi connectivity index (χ4v) is 5.63. The maximum atomic E-state index is 14.3. The Balaban J connectivity index is 1.91. The molecular formula is C20H21Cl2FN2O3S. The number of hydrogen-bond acceptors (Lipinski definition) is 3. The maximum absolute atomic E-state index is 14.3. The van der Waals surface area contributed by atoms with Crippen LogP contribution in [-0.4, -0.2) is 31.7 Å². The number of rotatable bonds is 4. The summed E-state index contributed by atoms with van der Waals surface area (Å²) in [7, 11) is -3.85. The molecule has 0 saturated carbocycles. The molecule has 2 atom stereocenters. The normalized spacial score (nSPS) is 20.4. The fourth-order valence-electron chi connectivity index (χ4n) is 3.58. The molecule has 1 amide bonds. The second-order valence-corrected chi connectivity index (χ2v) is 10.2. The van der Waals surface area contributed by atoms with E-state index in [2.05, 4.69) is 5.32 Å². The van der Waals surface area contributed by atoms with Crippen molar-refractivity contribution in [2.75, 3.05) is 18.4 Å². The molecule has 2 aromatic rings. The van der Waals surface area contributed by atoms with Gasteiger partial charge >= 0.3 is 0 Å². The number of halogens is 3. The lowest BCUT2D eigenvalue weighted by atomic mass is 9.94. The average Bonchev–Trinajstić information content (AvgIpc) is 2.64. The van der Waals surface area contributed by atoms with Crippen LogP contribution in [0, 0.1) is 17.7 Å². The molecule has 9 heteroatoms. The predicted molar refractivity (Wildman–Crippen MR) is 113 cm³/mol. The van der Waals surface area contributed by atoms with Gasteiger partial charge in [-0.25, -0.2) is 12.8 Å². The number of nitrogens with one attached hydrogen (secondary N) is 1. The van der Waals surface area contributed by atoms with Gasteiger partial charge in [-0.3, -0.25) is 4.79 Å². The summed E-state index contributed by atoms with van der Waals surface area (Å²) >= 11 is 12.0. The van der Waals surface area contributed by atoms with Crippen molar-refractivity contribution in [2.45, 2.75) is 25.2 Å². The largest absolute Gasteiger partial charge is 0.320 e. The average molecular weight is 459 g/mol. The maximum Gasteiger partial charge on any atom is 0.258 e. The van der Waals surface area contributed by atoms with Gasteiger partial charge in [-0.1, -0.05) is 43.1 Å². The zero-order valence-electron chi connectivity index (χ0n) is 16.0. The highest BCUT2D eigenvalue weighted by Crippen LogP contribution is 2.31. The van der Waals surface area contributed by atoms with Crippen LogP contribution in [0.5, 0.6) is 0 Å². The quantitative estimate of drug-likeness (QED) is 0.696. The van der Waals surface area contributed by atoms with Crippen LogP contribution in [0.3, 0.4) is 0 Å². The minimum Gasteiger partial charge on any atom is -0.320 e. The second-order valence-electron chi connectivity index (χ2n) is 7.47.